The van der Waals surface area contributed by atoms with Crippen molar-refractivity contribution in [1.82, 2.24) is 4.98 Å². The Morgan fingerprint density at radius 1 is 1.56 bits per heavy atom. The van der Waals surface area contributed by atoms with Crippen molar-refractivity contribution in [2.75, 3.05) is 24.2 Å². The van der Waals surface area contributed by atoms with Crippen LogP contribution in [0.25, 0.3) is 0 Å². The number of rotatable bonds is 7. The number of aromatic carboxylic acids is 1. The van der Waals surface area contributed by atoms with Crippen LogP contribution in [0.2, 0.25) is 0 Å². The number of sulfonamides is 1. The minimum Gasteiger partial charge on any atom is -0.478 e. The van der Waals surface area contributed by atoms with Gasteiger partial charge in [-0.1, -0.05) is 0 Å². The summed E-state index contributed by atoms with van der Waals surface area (Å²) in [6, 6.07) is 0. The van der Waals surface area contributed by atoms with Gasteiger partial charge in [0.25, 0.3) is 0 Å². The molecule has 0 saturated heterocycles. The molecule has 8 heteroatoms. The Hall–Kier alpha value is -1.54. The molecule has 1 aromatic rings. The molecule has 1 heterocycles. The number of hydrogen-bond acceptors (Lipinski definition) is 4. The first-order valence-corrected chi connectivity index (χ1v) is 6.93. The van der Waals surface area contributed by atoms with Crippen LogP contribution in [-0.4, -0.2) is 43.9 Å². The van der Waals surface area contributed by atoms with Crippen molar-refractivity contribution in [1.29, 1.82) is 0 Å². The van der Waals surface area contributed by atoms with E-state index < -0.39 is 16.0 Å². The number of aryl methyl sites for hydroxylation is 1. The van der Waals surface area contributed by atoms with Crippen molar-refractivity contribution in [2.45, 2.75) is 13.3 Å². The lowest BCUT2D eigenvalue weighted by Gasteiger charge is -2.07. The van der Waals surface area contributed by atoms with Crippen LogP contribution < -0.4 is 4.72 Å². The molecule has 0 atom stereocenters. The Morgan fingerprint density at radius 2 is 2.22 bits per heavy atom. The Bertz CT molecular complexity index is 520. The highest BCUT2D eigenvalue weighted by atomic mass is 32.2. The van der Waals surface area contributed by atoms with Crippen molar-refractivity contribution in [2.24, 2.45) is 0 Å². The smallest absolute Gasteiger partial charge is 0.339 e. The summed E-state index contributed by atoms with van der Waals surface area (Å²) in [5.41, 5.74) is 0.389. The van der Waals surface area contributed by atoms with Crippen LogP contribution in [0.1, 0.15) is 22.5 Å². The zero-order valence-electron chi connectivity index (χ0n) is 10.2. The fourth-order valence-corrected chi connectivity index (χ4v) is 2.59. The monoisotopic (exact) mass is 276 g/mol. The van der Waals surface area contributed by atoms with Crippen molar-refractivity contribution in [3.05, 3.63) is 17.5 Å². The number of methoxy groups -OCH3 is 1. The highest BCUT2D eigenvalue weighted by Crippen LogP contribution is 2.20. The van der Waals surface area contributed by atoms with Gasteiger partial charge in [-0.25, -0.2) is 13.2 Å². The summed E-state index contributed by atoms with van der Waals surface area (Å²) >= 11 is 0. The number of nitrogens with one attached hydrogen (secondary N) is 2. The van der Waals surface area contributed by atoms with Gasteiger partial charge in [-0.15, -0.1) is 0 Å². The molecule has 102 valence electrons. The van der Waals surface area contributed by atoms with E-state index in [1.807, 2.05) is 0 Å². The molecular formula is C10H16N2O5S. The molecule has 0 aliphatic heterocycles. The van der Waals surface area contributed by atoms with Crippen LogP contribution in [0.3, 0.4) is 0 Å². The molecule has 1 aromatic heterocycles. The number of H-pyrrole nitrogens is 1. The van der Waals surface area contributed by atoms with E-state index in [9.17, 15) is 13.2 Å². The zero-order valence-corrected chi connectivity index (χ0v) is 11.0. The lowest BCUT2D eigenvalue weighted by molar-refractivity contribution is 0.0697. The third-order valence-corrected chi connectivity index (χ3v) is 3.68. The topological polar surface area (TPSA) is 108 Å². The normalized spacial score (nSPS) is 11.4. The molecule has 1 rings (SSSR count). The van der Waals surface area contributed by atoms with E-state index in [4.69, 9.17) is 9.84 Å². The highest BCUT2D eigenvalue weighted by molar-refractivity contribution is 7.92. The van der Waals surface area contributed by atoms with Crippen molar-refractivity contribution >= 4 is 21.7 Å². The average Bonchev–Trinajstić information content (AvgIpc) is 2.59. The Kier molecular flexibility index (Phi) is 4.74. The van der Waals surface area contributed by atoms with E-state index in [0.29, 0.717) is 18.7 Å². The van der Waals surface area contributed by atoms with Crippen molar-refractivity contribution < 1.29 is 23.1 Å². The second-order valence-electron chi connectivity index (χ2n) is 3.77. The summed E-state index contributed by atoms with van der Waals surface area (Å²) in [7, 11) is -2.08. The number of hydrogen-bond donors (Lipinski definition) is 3. The minimum atomic E-state index is -3.56. The number of carboxylic acids is 1. The molecular weight excluding hydrogens is 260 g/mol. The Morgan fingerprint density at radius 3 is 2.78 bits per heavy atom. The molecule has 0 spiro atoms. The molecule has 0 aliphatic carbocycles. The van der Waals surface area contributed by atoms with Gasteiger partial charge in [0.05, 0.1) is 11.4 Å². The summed E-state index contributed by atoms with van der Waals surface area (Å²) in [5.74, 6) is -1.30. The predicted molar refractivity (Wildman–Crippen MR) is 66.4 cm³/mol. The number of carbonyl (C=O) groups is 1. The van der Waals surface area contributed by atoms with E-state index in [1.54, 1.807) is 6.92 Å². The van der Waals surface area contributed by atoms with E-state index in [-0.39, 0.29) is 17.0 Å². The summed E-state index contributed by atoms with van der Waals surface area (Å²) < 4.78 is 30.4. The number of carboxylic acid groups (broad SMARTS) is 1. The van der Waals surface area contributed by atoms with Crippen LogP contribution in [0.15, 0.2) is 6.20 Å². The second kappa shape index (κ2) is 5.87. The third kappa shape index (κ3) is 3.74. The van der Waals surface area contributed by atoms with Gasteiger partial charge in [-0.3, -0.25) is 4.72 Å². The molecule has 0 aromatic carbocycles. The second-order valence-corrected chi connectivity index (χ2v) is 5.62. The Balaban J connectivity index is 2.81. The summed E-state index contributed by atoms with van der Waals surface area (Å²) in [5, 5.41) is 8.97. The van der Waals surface area contributed by atoms with Gasteiger partial charge in [0.1, 0.15) is 5.56 Å². The first kappa shape index (κ1) is 14.5. The molecule has 0 fully saturated rings. The number of ether oxygens (including phenoxy) is 1. The van der Waals surface area contributed by atoms with E-state index >= 15 is 0 Å². The fourth-order valence-electron chi connectivity index (χ4n) is 1.49. The van der Waals surface area contributed by atoms with Crippen LogP contribution in [0.4, 0.5) is 5.69 Å². The summed E-state index contributed by atoms with van der Waals surface area (Å²) in [6.07, 6.45) is 1.67. The molecule has 0 amide bonds. The van der Waals surface area contributed by atoms with Crippen molar-refractivity contribution in [3.8, 4) is 0 Å². The van der Waals surface area contributed by atoms with E-state index in [2.05, 4.69) is 9.71 Å². The quantitative estimate of drug-likeness (QED) is 0.638. The van der Waals surface area contributed by atoms with Crippen LogP contribution in [-0.2, 0) is 14.8 Å². The number of aromatic amines is 1. The molecule has 0 unspecified atom stereocenters. The summed E-state index contributed by atoms with van der Waals surface area (Å²) in [4.78, 5) is 13.7. The van der Waals surface area contributed by atoms with Crippen LogP contribution in [0, 0.1) is 6.92 Å². The number of anilines is 1. The maximum absolute atomic E-state index is 11.7. The number of aromatic nitrogens is 1. The molecule has 0 saturated carbocycles. The lowest BCUT2D eigenvalue weighted by Crippen LogP contribution is -2.19. The average molecular weight is 276 g/mol. The van der Waals surface area contributed by atoms with E-state index in [1.165, 1.54) is 13.3 Å². The Labute approximate surface area is 105 Å². The highest BCUT2D eigenvalue weighted by Gasteiger charge is 2.19. The first-order chi connectivity index (χ1) is 8.37. The molecule has 0 radical (unpaired) electrons. The van der Waals surface area contributed by atoms with Crippen molar-refractivity contribution in [3.63, 3.8) is 0 Å². The van der Waals surface area contributed by atoms with Gasteiger partial charge in [-0.05, 0) is 13.3 Å². The molecule has 18 heavy (non-hydrogen) atoms. The fraction of sp³-hybridized carbons (Fsp3) is 0.500. The van der Waals surface area contributed by atoms with Crippen LogP contribution >= 0.6 is 0 Å². The maximum atomic E-state index is 11.7. The molecule has 3 N–H and O–H groups in total. The molecule has 7 nitrogen and oxygen atoms in total. The summed E-state index contributed by atoms with van der Waals surface area (Å²) in [6.45, 7) is 1.89. The predicted octanol–water partition coefficient (Wildman–Crippen LogP) is 0.800. The molecule has 0 aliphatic rings. The first-order valence-electron chi connectivity index (χ1n) is 5.28. The van der Waals surface area contributed by atoms with Gasteiger partial charge in [0.15, 0.2) is 0 Å². The third-order valence-electron chi connectivity index (χ3n) is 2.32. The minimum absolute atomic E-state index is 0.0532. The van der Waals surface area contributed by atoms with Gasteiger partial charge in [-0.2, -0.15) is 0 Å². The zero-order chi connectivity index (χ0) is 13.8. The lowest BCUT2D eigenvalue weighted by atomic mass is 10.2. The van der Waals surface area contributed by atoms with Crippen LogP contribution in [0.5, 0.6) is 0 Å². The largest absolute Gasteiger partial charge is 0.478 e. The van der Waals surface area contributed by atoms with E-state index in [0.717, 1.165) is 0 Å². The maximum Gasteiger partial charge on any atom is 0.339 e. The SMILES string of the molecule is COCCCS(=O)(=O)Nc1c[nH]c(C)c1C(=O)O. The van der Waals surface area contributed by atoms with Gasteiger partial charge in [0, 0.05) is 25.6 Å². The van der Waals surface area contributed by atoms with Gasteiger partial charge >= 0.3 is 5.97 Å². The molecule has 0 bridgehead atoms. The van der Waals surface area contributed by atoms with Gasteiger partial charge < -0.3 is 14.8 Å². The van der Waals surface area contributed by atoms with Gasteiger partial charge in [0.2, 0.25) is 10.0 Å². The standard InChI is InChI=1S/C10H16N2O5S/c1-7-9(10(13)14)8(6-11-7)12-18(15,16)5-3-4-17-2/h6,11-12H,3-5H2,1-2H3,(H,13,14).